The number of fused-ring (bicyclic) bond motifs is 7. The van der Waals surface area contributed by atoms with E-state index in [0.29, 0.717) is 22.9 Å². The third-order valence-electron chi connectivity index (χ3n) is 13.4. The van der Waals surface area contributed by atoms with Crippen LogP contribution in [0.25, 0.3) is 33.3 Å². The van der Waals surface area contributed by atoms with Gasteiger partial charge in [0.25, 0.3) is 0 Å². The summed E-state index contributed by atoms with van der Waals surface area (Å²) >= 11 is 0. The van der Waals surface area contributed by atoms with Crippen LogP contribution in [-0.2, 0) is 5.41 Å². The van der Waals surface area contributed by atoms with Crippen LogP contribution in [0, 0.1) is 55.4 Å². The van der Waals surface area contributed by atoms with E-state index in [-0.39, 0.29) is 0 Å². The number of rotatable bonds is 8. The second kappa shape index (κ2) is 15.2. The average molecular weight is 847 g/mol. The fourth-order valence-electron chi connectivity index (χ4n) is 10.6. The number of hydrogen-bond acceptors (Lipinski definition) is 6. The summed E-state index contributed by atoms with van der Waals surface area (Å²) in [6.45, 7) is 16.9. The Hall–Kier alpha value is -7.70. The van der Waals surface area contributed by atoms with Crippen molar-refractivity contribution in [3.8, 4) is 11.1 Å². The summed E-state index contributed by atoms with van der Waals surface area (Å²) in [5, 5.41) is 0. The Kier molecular flexibility index (Phi) is 9.40. The van der Waals surface area contributed by atoms with Crippen molar-refractivity contribution in [3.63, 3.8) is 0 Å². The van der Waals surface area contributed by atoms with Gasteiger partial charge in [0.2, 0.25) is 0 Å². The van der Waals surface area contributed by atoms with Gasteiger partial charge >= 0.3 is 0 Å². The van der Waals surface area contributed by atoms with E-state index >= 15 is 0 Å². The van der Waals surface area contributed by atoms with E-state index in [1.165, 1.54) is 11.1 Å². The molecule has 0 unspecified atom stereocenters. The number of para-hydroxylation sites is 2. The minimum Gasteiger partial charge on any atom is -0.440 e. The molecule has 10 aromatic rings. The first-order valence-corrected chi connectivity index (χ1v) is 22.4. The van der Waals surface area contributed by atoms with Crippen molar-refractivity contribution < 1.29 is 8.83 Å². The van der Waals surface area contributed by atoms with Crippen LogP contribution in [0.2, 0.25) is 0 Å². The topological polar surface area (TPSA) is 58.5 Å². The van der Waals surface area contributed by atoms with Crippen molar-refractivity contribution in [1.29, 1.82) is 0 Å². The number of benzene rings is 8. The standard InChI is InChI=1S/C59H50N4O2/c1-35-25-29-45(30-26-35)62(55-37(3)17-15-18-38(55)4)49-33-47-51(57-53(49)60-41(7)64-57)52-48(59(47,43-21-11-9-12-22-43)44-23-13-10-14-24-44)34-50(54-58(52)65-42(8)61-54)63(46-31-27-36(2)28-32-46)56-39(5)19-16-20-40(56)6/h9-34H,1-8H3. The minimum atomic E-state index is -0.861. The highest BCUT2D eigenvalue weighted by Crippen LogP contribution is 2.63. The molecule has 0 bridgehead atoms. The van der Waals surface area contributed by atoms with Gasteiger partial charge in [0.1, 0.15) is 11.0 Å². The van der Waals surface area contributed by atoms with E-state index in [0.717, 1.165) is 101 Å². The molecule has 65 heavy (non-hydrogen) atoms. The lowest BCUT2D eigenvalue weighted by Crippen LogP contribution is -2.29. The van der Waals surface area contributed by atoms with Crippen molar-refractivity contribution in [2.24, 2.45) is 0 Å². The normalized spacial score (nSPS) is 12.7. The van der Waals surface area contributed by atoms with Gasteiger partial charge in [-0.1, -0.05) is 132 Å². The Morgan fingerprint density at radius 1 is 0.400 bits per heavy atom. The highest BCUT2D eigenvalue weighted by atomic mass is 16.4. The molecule has 318 valence electrons. The zero-order chi connectivity index (χ0) is 44.7. The van der Waals surface area contributed by atoms with E-state index in [1.807, 2.05) is 13.8 Å². The van der Waals surface area contributed by atoms with E-state index in [4.69, 9.17) is 18.8 Å². The first-order valence-electron chi connectivity index (χ1n) is 22.4. The van der Waals surface area contributed by atoms with Gasteiger partial charge in [0, 0.05) is 36.3 Å². The van der Waals surface area contributed by atoms with Gasteiger partial charge in [-0.3, -0.25) is 0 Å². The molecule has 0 radical (unpaired) electrons. The van der Waals surface area contributed by atoms with Gasteiger partial charge in [-0.15, -0.1) is 0 Å². The smallest absolute Gasteiger partial charge is 0.192 e. The number of anilines is 6. The molecule has 2 heterocycles. The van der Waals surface area contributed by atoms with Crippen LogP contribution in [0.5, 0.6) is 0 Å². The summed E-state index contributed by atoms with van der Waals surface area (Å²) in [4.78, 5) is 15.3. The molecule has 1 aliphatic rings. The lowest BCUT2D eigenvalue weighted by Gasteiger charge is -2.36. The second-order valence-electron chi connectivity index (χ2n) is 17.8. The van der Waals surface area contributed by atoms with E-state index in [1.54, 1.807) is 0 Å². The fraction of sp³-hybridized carbons (Fsp3) is 0.153. The van der Waals surface area contributed by atoms with Gasteiger partial charge < -0.3 is 18.6 Å². The highest BCUT2D eigenvalue weighted by Gasteiger charge is 2.51. The molecule has 2 aromatic heterocycles. The molecule has 11 rings (SSSR count). The zero-order valence-electron chi connectivity index (χ0n) is 38.1. The van der Waals surface area contributed by atoms with E-state index in [2.05, 4.69) is 209 Å². The van der Waals surface area contributed by atoms with Gasteiger partial charge in [-0.2, -0.15) is 0 Å². The van der Waals surface area contributed by atoms with Crippen molar-refractivity contribution >= 4 is 56.3 Å². The molecule has 0 saturated heterocycles. The lowest BCUT2D eigenvalue weighted by molar-refractivity contribution is 0.558. The molecule has 6 heteroatoms. The SMILES string of the molecule is Cc1ccc(N(c2c(C)cccc2C)c2cc3c(c4oc(C)nc24)-c2c(cc(N(c4ccc(C)cc4)c4c(C)cccc4C)c4nc(C)oc24)C3(c2ccccc2)c2ccccc2)cc1. The summed E-state index contributed by atoms with van der Waals surface area (Å²) in [6, 6.07) is 57.3. The summed E-state index contributed by atoms with van der Waals surface area (Å²) in [5.41, 5.74) is 21.6. The number of aromatic nitrogens is 2. The van der Waals surface area contributed by atoms with E-state index < -0.39 is 5.41 Å². The fourth-order valence-corrected chi connectivity index (χ4v) is 10.6. The molecule has 0 N–H and O–H groups in total. The van der Waals surface area contributed by atoms with Gasteiger partial charge in [0.05, 0.1) is 28.2 Å². The molecule has 8 aromatic carbocycles. The second-order valence-corrected chi connectivity index (χ2v) is 17.8. The number of oxazole rings is 2. The predicted octanol–water partition coefficient (Wildman–Crippen LogP) is 15.7. The van der Waals surface area contributed by atoms with Crippen LogP contribution < -0.4 is 9.80 Å². The molecule has 0 spiro atoms. The lowest BCUT2D eigenvalue weighted by atomic mass is 9.67. The molecule has 0 amide bonds. The van der Waals surface area contributed by atoms with Crippen molar-refractivity contribution in [3.05, 3.63) is 225 Å². The number of hydrogen-bond donors (Lipinski definition) is 0. The Balaban J connectivity index is 1.34. The maximum absolute atomic E-state index is 6.98. The van der Waals surface area contributed by atoms with Crippen molar-refractivity contribution in [2.75, 3.05) is 9.80 Å². The Morgan fingerprint density at radius 3 is 1.11 bits per heavy atom. The highest BCUT2D eigenvalue weighted by molar-refractivity contribution is 6.14. The molecule has 1 aliphatic carbocycles. The van der Waals surface area contributed by atoms with Crippen LogP contribution in [0.1, 0.15) is 67.4 Å². The third kappa shape index (κ3) is 6.15. The monoisotopic (exact) mass is 846 g/mol. The summed E-state index contributed by atoms with van der Waals surface area (Å²) in [7, 11) is 0. The zero-order valence-corrected chi connectivity index (χ0v) is 38.1. The third-order valence-corrected chi connectivity index (χ3v) is 13.4. The molecule has 0 aliphatic heterocycles. The van der Waals surface area contributed by atoms with Crippen molar-refractivity contribution in [2.45, 2.75) is 60.8 Å². The van der Waals surface area contributed by atoms with Crippen molar-refractivity contribution in [1.82, 2.24) is 9.97 Å². The maximum Gasteiger partial charge on any atom is 0.192 e. The molecule has 0 fully saturated rings. The van der Waals surface area contributed by atoms with Gasteiger partial charge in [0.15, 0.2) is 22.9 Å². The van der Waals surface area contributed by atoms with Crippen LogP contribution in [0.15, 0.2) is 167 Å². The summed E-state index contributed by atoms with van der Waals surface area (Å²) in [5.74, 6) is 1.17. The maximum atomic E-state index is 6.98. The van der Waals surface area contributed by atoms with Gasteiger partial charge in [-0.05, 0) is 122 Å². The summed E-state index contributed by atoms with van der Waals surface area (Å²) in [6.07, 6.45) is 0. The Bertz CT molecular complexity index is 3180. The number of aryl methyl sites for hydroxylation is 8. The molecular weight excluding hydrogens is 797 g/mol. The summed E-state index contributed by atoms with van der Waals surface area (Å²) < 4.78 is 14.0. The first kappa shape index (κ1) is 40.1. The Labute approximate surface area is 380 Å². The molecule has 0 saturated carbocycles. The average Bonchev–Trinajstić information content (AvgIpc) is 3.98. The molecule has 6 nitrogen and oxygen atoms in total. The largest absolute Gasteiger partial charge is 0.440 e. The van der Waals surface area contributed by atoms with Gasteiger partial charge in [-0.25, -0.2) is 9.97 Å². The molecular formula is C59H50N4O2. The first-order chi connectivity index (χ1) is 31.5. The van der Waals surface area contributed by atoms with Crippen LogP contribution in [-0.4, -0.2) is 9.97 Å². The predicted molar refractivity (Wildman–Crippen MR) is 266 cm³/mol. The minimum absolute atomic E-state index is 0.584. The van der Waals surface area contributed by atoms with Crippen LogP contribution in [0.4, 0.5) is 34.1 Å². The number of nitrogens with zero attached hydrogens (tertiary/aromatic N) is 4. The van der Waals surface area contributed by atoms with Crippen LogP contribution >= 0.6 is 0 Å². The quantitative estimate of drug-likeness (QED) is 0.152. The van der Waals surface area contributed by atoms with Crippen LogP contribution in [0.3, 0.4) is 0 Å². The van der Waals surface area contributed by atoms with E-state index in [9.17, 15) is 0 Å². The Morgan fingerprint density at radius 2 is 0.754 bits per heavy atom. The molecule has 0 atom stereocenters.